The fourth-order valence-corrected chi connectivity index (χ4v) is 5.26. The Labute approximate surface area is 175 Å². The summed E-state index contributed by atoms with van der Waals surface area (Å²) in [6, 6.07) is 18.1. The topological polar surface area (TPSA) is 90.5 Å². The number of nitrogens with one attached hydrogen (secondary N) is 3. The average molecular weight is 423 g/mol. The molecule has 1 saturated heterocycles. The van der Waals surface area contributed by atoms with E-state index in [9.17, 15) is 13.2 Å². The van der Waals surface area contributed by atoms with Crippen molar-refractivity contribution >= 4 is 43.8 Å². The second-order valence-corrected chi connectivity index (χ2v) is 9.33. The quantitative estimate of drug-likeness (QED) is 0.604. The Balaban J connectivity index is 1.47. The number of hydrogen-bond acceptors (Lipinski definition) is 5. The molecule has 0 radical (unpaired) electrons. The van der Waals surface area contributed by atoms with Crippen LogP contribution in [0.5, 0.6) is 0 Å². The van der Waals surface area contributed by atoms with Crippen LogP contribution in [0.2, 0.25) is 0 Å². The van der Waals surface area contributed by atoms with Gasteiger partial charge in [-0.2, -0.15) is 0 Å². The van der Waals surface area contributed by atoms with Crippen molar-refractivity contribution in [2.75, 3.05) is 34.6 Å². The van der Waals surface area contributed by atoms with Crippen molar-refractivity contribution in [2.45, 2.75) is 17.4 Å². The molecule has 3 aromatic rings. The van der Waals surface area contributed by atoms with E-state index in [-0.39, 0.29) is 16.8 Å². The van der Waals surface area contributed by atoms with E-state index in [0.29, 0.717) is 17.8 Å². The van der Waals surface area contributed by atoms with Gasteiger partial charge >= 0.3 is 0 Å². The van der Waals surface area contributed by atoms with Crippen LogP contribution in [0.25, 0.3) is 10.8 Å². The number of amides is 1. The van der Waals surface area contributed by atoms with Crippen LogP contribution in [0.4, 0.5) is 17.1 Å². The van der Waals surface area contributed by atoms with E-state index in [2.05, 4.69) is 20.3 Å². The fourth-order valence-electron chi connectivity index (χ4n) is 4.17. The van der Waals surface area contributed by atoms with E-state index < -0.39 is 10.0 Å². The van der Waals surface area contributed by atoms with Gasteiger partial charge in [0.1, 0.15) is 0 Å². The minimum absolute atomic E-state index is 0.0676. The normalized spacial score (nSPS) is 18.9. The molecule has 2 aliphatic heterocycles. The zero-order valence-electron chi connectivity index (χ0n) is 16.3. The molecule has 1 unspecified atom stereocenters. The molecule has 154 valence electrons. The number of sulfonamides is 1. The Bertz CT molecular complexity index is 1240. The van der Waals surface area contributed by atoms with E-state index in [1.165, 1.54) is 0 Å². The van der Waals surface area contributed by atoms with E-state index in [4.69, 9.17) is 0 Å². The number of anilines is 3. The highest BCUT2D eigenvalue weighted by Crippen LogP contribution is 2.35. The number of benzene rings is 3. The molecule has 2 heterocycles. The summed E-state index contributed by atoms with van der Waals surface area (Å²) in [7, 11) is -3.76. The highest BCUT2D eigenvalue weighted by atomic mass is 32.2. The van der Waals surface area contributed by atoms with E-state index in [1.54, 1.807) is 30.3 Å². The lowest BCUT2D eigenvalue weighted by Gasteiger charge is -2.36. The maximum absolute atomic E-state index is 13.0. The van der Waals surface area contributed by atoms with Gasteiger partial charge < -0.3 is 15.5 Å². The van der Waals surface area contributed by atoms with Gasteiger partial charge in [0.15, 0.2) is 0 Å². The molecule has 1 atom stereocenters. The van der Waals surface area contributed by atoms with Gasteiger partial charge in [0.05, 0.1) is 28.0 Å². The standard InChI is InChI=1S/C22H22N4O3S/c27-22-13-18-14-23-9-10-26(18)21-8-6-17(12-20(21)24-22)25-30(28,29)19-7-5-15-3-1-2-4-16(15)11-19/h1-8,11-12,18,23,25H,9-10,13-14H2,(H,24,27). The molecular formula is C22H22N4O3S. The smallest absolute Gasteiger partial charge is 0.261 e. The van der Waals surface area contributed by atoms with Gasteiger partial charge in [0, 0.05) is 26.1 Å². The third kappa shape index (κ3) is 3.48. The predicted molar refractivity (Wildman–Crippen MR) is 118 cm³/mol. The number of hydrogen-bond donors (Lipinski definition) is 3. The first-order chi connectivity index (χ1) is 14.5. The third-order valence-corrected chi connectivity index (χ3v) is 7.01. The number of carbonyl (C=O) groups excluding carboxylic acids is 1. The summed E-state index contributed by atoms with van der Waals surface area (Å²) < 4.78 is 28.6. The zero-order chi connectivity index (χ0) is 20.7. The minimum atomic E-state index is -3.76. The van der Waals surface area contributed by atoms with Crippen molar-refractivity contribution in [3.8, 4) is 0 Å². The van der Waals surface area contributed by atoms with Gasteiger partial charge in [-0.15, -0.1) is 0 Å². The molecule has 3 aromatic carbocycles. The van der Waals surface area contributed by atoms with E-state index >= 15 is 0 Å². The molecule has 0 spiro atoms. The van der Waals surface area contributed by atoms with Gasteiger partial charge in [-0.25, -0.2) is 8.42 Å². The first-order valence-corrected chi connectivity index (χ1v) is 11.4. The lowest BCUT2D eigenvalue weighted by molar-refractivity contribution is -0.116. The molecule has 5 rings (SSSR count). The molecule has 8 heteroatoms. The van der Waals surface area contributed by atoms with Crippen molar-refractivity contribution in [1.82, 2.24) is 5.32 Å². The Morgan fingerprint density at radius 2 is 1.83 bits per heavy atom. The fraction of sp³-hybridized carbons (Fsp3) is 0.227. The van der Waals surface area contributed by atoms with Crippen LogP contribution in [0, 0.1) is 0 Å². The molecule has 3 N–H and O–H groups in total. The Morgan fingerprint density at radius 1 is 1.00 bits per heavy atom. The van der Waals surface area contributed by atoms with Crippen LogP contribution >= 0.6 is 0 Å². The largest absolute Gasteiger partial charge is 0.364 e. The second kappa shape index (κ2) is 7.30. The van der Waals surface area contributed by atoms with Gasteiger partial charge in [-0.1, -0.05) is 30.3 Å². The molecule has 2 aliphatic rings. The van der Waals surface area contributed by atoms with Crippen LogP contribution in [0.15, 0.2) is 65.6 Å². The lowest BCUT2D eigenvalue weighted by atomic mass is 10.1. The number of carbonyl (C=O) groups is 1. The van der Waals surface area contributed by atoms with Crippen LogP contribution in [0.3, 0.4) is 0 Å². The predicted octanol–water partition coefficient (Wildman–Crippen LogP) is 2.76. The number of nitrogens with zero attached hydrogens (tertiary/aromatic N) is 1. The molecule has 0 saturated carbocycles. The van der Waals surface area contributed by atoms with Crippen molar-refractivity contribution < 1.29 is 13.2 Å². The van der Waals surface area contributed by atoms with Crippen LogP contribution in [0.1, 0.15) is 6.42 Å². The monoisotopic (exact) mass is 422 g/mol. The van der Waals surface area contributed by atoms with Gasteiger partial charge in [-0.05, 0) is 41.1 Å². The van der Waals surface area contributed by atoms with Crippen molar-refractivity contribution in [2.24, 2.45) is 0 Å². The van der Waals surface area contributed by atoms with Crippen molar-refractivity contribution in [3.05, 3.63) is 60.7 Å². The van der Waals surface area contributed by atoms with Crippen LogP contribution in [-0.2, 0) is 14.8 Å². The van der Waals surface area contributed by atoms with E-state index in [0.717, 1.165) is 36.1 Å². The lowest BCUT2D eigenvalue weighted by Crippen LogP contribution is -2.51. The van der Waals surface area contributed by atoms with Crippen molar-refractivity contribution in [1.29, 1.82) is 0 Å². The van der Waals surface area contributed by atoms with Crippen LogP contribution < -0.4 is 20.3 Å². The summed E-state index contributed by atoms with van der Waals surface area (Å²) >= 11 is 0. The second-order valence-electron chi connectivity index (χ2n) is 7.65. The molecule has 1 amide bonds. The molecule has 30 heavy (non-hydrogen) atoms. The molecule has 0 aliphatic carbocycles. The van der Waals surface area contributed by atoms with Gasteiger partial charge in [0.2, 0.25) is 5.91 Å². The minimum Gasteiger partial charge on any atom is -0.364 e. The summed E-state index contributed by atoms with van der Waals surface area (Å²) in [5.41, 5.74) is 1.96. The Morgan fingerprint density at radius 3 is 2.70 bits per heavy atom. The molecule has 0 bridgehead atoms. The van der Waals surface area contributed by atoms with Crippen LogP contribution in [-0.4, -0.2) is 40.0 Å². The molecule has 7 nitrogen and oxygen atoms in total. The Hall–Kier alpha value is -3.10. The highest BCUT2D eigenvalue weighted by Gasteiger charge is 2.30. The number of rotatable bonds is 3. The summed E-state index contributed by atoms with van der Waals surface area (Å²) in [5.74, 6) is -0.0676. The van der Waals surface area contributed by atoms with Gasteiger partial charge in [-0.3, -0.25) is 9.52 Å². The first-order valence-electron chi connectivity index (χ1n) is 9.92. The summed E-state index contributed by atoms with van der Waals surface area (Å²) in [6.07, 6.45) is 0.403. The molecular weight excluding hydrogens is 400 g/mol. The summed E-state index contributed by atoms with van der Waals surface area (Å²) in [5, 5.41) is 8.09. The van der Waals surface area contributed by atoms with Gasteiger partial charge in [0.25, 0.3) is 10.0 Å². The average Bonchev–Trinajstić information content (AvgIpc) is 2.88. The Kier molecular flexibility index (Phi) is 4.60. The first kappa shape index (κ1) is 18.9. The van der Waals surface area contributed by atoms with E-state index in [1.807, 2.05) is 30.3 Å². The van der Waals surface area contributed by atoms with Crippen molar-refractivity contribution in [3.63, 3.8) is 0 Å². The molecule has 0 aromatic heterocycles. The maximum atomic E-state index is 13.0. The number of fused-ring (bicyclic) bond motifs is 4. The number of piperazine rings is 1. The molecule has 1 fully saturated rings. The summed E-state index contributed by atoms with van der Waals surface area (Å²) in [6.45, 7) is 2.40. The zero-order valence-corrected chi connectivity index (χ0v) is 17.1. The summed E-state index contributed by atoms with van der Waals surface area (Å²) in [4.78, 5) is 14.7. The maximum Gasteiger partial charge on any atom is 0.261 e. The highest BCUT2D eigenvalue weighted by molar-refractivity contribution is 7.92. The third-order valence-electron chi connectivity index (χ3n) is 5.63. The SMILES string of the molecule is O=C1CC2CNCCN2c2ccc(NS(=O)(=O)c3ccc4ccccc4c3)cc2N1.